The molecule has 0 radical (unpaired) electrons. The van der Waals surface area contributed by atoms with Gasteiger partial charge in [-0.05, 0) is 47.1 Å². The average molecular weight is 387 g/mol. The molecule has 1 aromatic carbocycles. The lowest BCUT2D eigenvalue weighted by molar-refractivity contribution is -0.136. The van der Waals surface area contributed by atoms with E-state index >= 15 is 0 Å². The van der Waals surface area contributed by atoms with Gasteiger partial charge in [0.2, 0.25) is 5.91 Å². The van der Waals surface area contributed by atoms with Crippen molar-refractivity contribution in [3.63, 3.8) is 0 Å². The van der Waals surface area contributed by atoms with Gasteiger partial charge in [0.25, 0.3) is 5.91 Å². The Hall–Kier alpha value is -3.01. The highest BCUT2D eigenvalue weighted by molar-refractivity contribution is 5.91. The van der Waals surface area contributed by atoms with Crippen molar-refractivity contribution in [3.8, 4) is 12.5 Å². The van der Waals surface area contributed by atoms with Crippen molar-refractivity contribution in [3.05, 3.63) is 35.4 Å². The topological polar surface area (TPSA) is 87.7 Å². The number of nitrogens with one attached hydrogen (secondary N) is 2. The van der Waals surface area contributed by atoms with E-state index in [-0.39, 0.29) is 6.04 Å². The molecule has 1 aromatic rings. The summed E-state index contributed by atoms with van der Waals surface area (Å²) in [4.78, 5) is 38.2. The van der Waals surface area contributed by atoms with Gasteiger partial charge in [0.05, 0.1) is 0 Å². The number of nitrogens with zero attached hydrogens (tertiary/aromatic N) is 1. The van der Waals surface area contributed by atoms with Gasteiger partial charge in [-0.25, -0.2) is 4.79 Å². The molecule has 7 nitrogen and oxygen atoms in total. The smallest absolute Gasteiger partial charge is 0.408 e. The SMILES string of the molecule is C#CN(C(=O)CNC(=O)OC(C)(C)C)C(C(=O)NC(C)C)c1cccc(C)c1. The number of rotatable bonds is 6. The van der Waals surface area contributed by atoms with E-state index in [4.69, 9.17) is 11.2 Å². The van der Waals surface area contributed by atoms with Crippen molar-refractivity contribution < 1.29 is 19.1 Å². The molecule has 0 aliphatic carbocycles. The highest BCUT2D eigenvalue weighted by Gasteiger charge is 2.31. The largest absolute Gasteiger partial charge is 0.444 e. The molecule has 0 saturated heterocycles. The summed E-state index contributed by atoms with van der Waals surface area (Å²) in [6, 6.07) is 8.33. The molecule has 1 atom stereocenters. The van der Waals surface area contributed by atoms with Gasteiger partial charge in [-0.1, -0.05) is 36.3 Å². The summed E-state index contributed by atoms with van der Waals surface area (Å²) in [5, 5.41) is 5.16. The summed E-state index contributed by atoms with van der Waals surface area (Å²) in [6.07, 6.45) is 4.82. The summed E-state index contributed by atoms with van der Waals surface area (Å²) in [6.45, 7) is 10.3. The van der Waals surface area contributed by atoms with Crippen molar-refractivity contribution >= 4 is 17.9 Å². The van der Waals surface area contributed by atoms with Crippen LogP contribution in [0.5, 0.6) is 0 Å². The molecule has 0 heterocycles. The molecule has 0 fully saturated rings. The van der Waals surface area contributed by atoms with E-state index < -0.39 is 36.1 Å². The minimum absolute atomic E-state index is 0.130. The molecule has 3 amide bonds. The fraction of sp³-hybridized carbons (Fsp3) is 0.476. The van der Waals surface area contributed by atoms with Gasteiger partial charge < -0.3 is 15.4 Å². The zero-order chi connectivity index (χ0) is 21.5. The van der Waals surface area contributed by atoms with Gasteiger partial charge in [0.1, 0.15) is 18.2 Å². The maximum absolute atomic E-state index is 12.8. The van der Waals surface area contributed by atoms with Crippen molar-refractivity contribution in [1.29, 1.82) is 0 Å². The van der Waals surface area contributed by atoms with E-state index in [0.717, 1.165) is 10.5 Å². The van der Waals surface area contributed by atoms with Crippen LogP contribution in [0.25, 0.3) is 0 Å². The molecule has 152 valence electrons. The molecule has 28 heavy (non-hydrogen) atoms. The van der Waals surface area contributed by atoms with Crippen LogP contribution < -0.4 is 10.6 Å². The van der Waals surface area contributed by atoms with E-state index in [2.05, 4.69) is 16.7 Å². The van der Waals surface area contributed by atoms with E-state index in [1.807, 2.05) is 26.8 Å². The zero-order valence-corrected chi connectivity index (χ0v) is 17.3. The molecule has 0 aromatic heterocycles. The first-order valence-corrected chi connectivity index (χ1v) is 9.06. The second-order valence-electron chi connectivity index (χ2n) is 7.73. The van der Waals surface area contributed by atoms with Crippen molar-refractivity contribution in [2.45, 2.75) is 59.2 Å². The number of ether oxygens (including phenoxy) is 1. The van der Waals surface area contributed by atoms with Crippen molar-refractivity contribution in [2.75, 3.05) is 6.54 Å². The van der Waals surface area contributed by atoms with Crippen LogP contribution in [0.15, 0.2) is 24.3 Å². The molecule has 2 N–H and O–H groups in total. The molecule has 1 rings (SSSR count). The molecular formula is C21H29N3O4. The predicted molar refractivity (Wildman–Crippen MR) is 107 cm³/mol. The minimum atomic E-state index is -1.01. The zero-order valence-electron chi connectivity index (χ0n) is 17.3. The Morgan fingerprint density at radius 1 is 1.25 bits per heavy atom. The Labute approximate surface area is 166 Å². The number of alkyl carbamates (subject to hydrolysis) is 1. The lowest BCUT2D eigenvalue weighted by Crippen LogP contribution is -2.46. The maximum atomic E-state index is 12.8. The second-order valence-corrected chi connectivity index (χ2v) is 7.73. The number of terminal acetylenes is 1. The van der Waals surface area contributed by atoms with Crippen LogP contribution in [0.4, 0.5) is 4.79 Å². The Morgan fingerprint density at radius 3 is 2.39 bits per heavy atom. The van der Waals surface area contributed by atoms with Gasteiger partial charge in [-0.3, -0.25) is 14.5 Å². The van der Waals surface area contributed by atoms with Crippen LogP contribution in [0.3, 0.4) is 0 Å². The van der Waals surface area contributed by atoms with Gasteiger partial charge in [0, 0.05) is 12.1 Å². The highest BCUT2D eigenvalue weighted by Crippen LogP contribution is 2.22. The number of benzene rings is 1. The van der Waals surface area contributed by atoms with E-state index in [0.29, 0.717) is 5.56 Å². The lowest BCUT2D eigenvalue weighted by atomic mass is 10.0. The number of hydrogen-bond acceptors (Lipinski definition) is 4. The third kappa shape index (κ3) is 7.31. The first-order valence-electron chi connectivity index (χ1n) is 9.06. The number of carbonyl (C=O) groups is 3. The molecular weight excluding hydrogens is 358 g/mol. The monoisotopic (exact) mass is 387 g/mol. The van der Waals surface area contributed by atoms with Crippen LogP contribution in [0.2, 0.25) is 0 Å². The third-order valence-electron chi connectivity index (χ3n) is 3.49. The molecule has 0 saturated carbocycles. The van der Waals surface area contributed by atoms with E-state index in [1.54, 1.807) is 39.0 Å². The fourth-order valence-corrected chi connectivity index (χ4v) is 2.46. The predicted octanol–water partition coefficient (Wildman–Crippen LogP) is 2.50. The second kappa shape index (κ2) is 9.79. The van der Waals surface area contributed by atoms with Crippen LogP contribution in [0, 0.1) is 19.4 Å². The first-order chi connectivity index (χ1) is 12.9. The number of amides is 3. The van der Waals surface area contributed by atoms with Gasteiger partial charge in [-0.15, -0.1) is 0 Å². The van der Waals surface area contributed by atoms with Gasteiger partial charge in [0.15, 0.2) is 0 Å². The first kappa shape index (κ1) is 23.0. The van der Waals surface area contributed by atoms with Gasteiger partial charge >= 0.3 is 6.09 Å². The quantitative estimate of drug-likeness (QED) is 0.580. The number of hydrogen-bond donors (Lipinski definition) is 2. The van der Waals surface area contributed by atoms with Crippen LogP contribution in [-0.4, -0.2) is 41.0 Å². The Kier molecular flexibility index (Phi) is 8.05. The van der Waals surface area contributed by atoms with Gasteiger partial charge in [-0.2, -0.15) is 0 Å². The third-order valence-corrected chi connectivity index (χ3v) is 3.49. The summed E-state index contributed by atoms with van der Waals surface area (Å²) < 4.78 is 5.11. The van der Waals surface area contributed by atoms with Crippen LogP contribution in [-0.2, 0) is 14.3 Å². The molecule has 0 spiro atoms. The molecule has 0 aliphatic heterocycles. The standard InChI is InChI=1S/C21H29N3O4/c1-8-24(17(25)13-22-20(27)28-21(5,6)7)18(19(26)23-14(2)3)16-11-9-10-15(4)12-16/h1,9-12,14,18H,13H2,2-7H3,(H,22,27)(H,23,26). The molecule has 7 heteroatoms. The Bertz CT molecular complexity index is 760. The van der Waals surface area contributed by atoms with E-state index in [9.17, 15) is 14.4 Å². The lowest BCUT2D eigenvalue weighted by Gasteiger charge is -2.27. The molecule has 0 bridgehead atoms. The fourth-order valence-electron chi connectivity index (χ4n) is 2.46. The Balaban J connectivity index is 3.05. The number of aryl methyl sites for hydroxylation is 1. The normalized spacial score (nSPS) is 11.9. The van der Waals surface area contributed by atoms with Crippen LogP contribution >= 0.6 is 0 Å². The van der Waals surface area contributed by atoms with Crippen LogP contribution in [0.1, 0.15) is 51.8 Å². The maximum Gasteiger partial charge on any atom is 0.408 e. The van der Waals surface area contributed by atoms with E-state index in [1.165, 1.54) is 0 Å². The molecule has 1 unspecified atom stereocenters. The van der Waals surface area contributed by atoms with Crippen molar-refractivity contribution in [2.24, 2.45) is 0 Å². The summed E-state index contributed by atoms with van der Waals surface area (Å²) in [5.74, 6) is -0.997. The van der Waals surface area contributed by atoms with Crippen molar-refractivity contribution in [1.82, 2.24) is 15.5 Å². The summed E-state index contributed by atoms with van der Waals surface area (Å²) >= 11 is 0. The minimum Gasteiger partial charge on any atom is -0.444 e. The Morgan fingerprint density at radius 2 is 1.89 bits per heavy atom. The summed E-state index contributed by atoms with van der Waals surface area (Å²) in [7, 11) is 0. The molecule has 0 aliphatic rings. The average Bonchev–Trinajstić information content (AvgIpc) is 2.55. The number of carbonyl (C=O) groups excluding carboxylic acids is 3. The highest BCUT2D eigenvalue weighted by atomic mass is 16.6. The summed E-state index contributed by atoms with van der Waals surface area (Å²) in [5.41, 5.74) is 0.818.